The second-order valence-electron chi connectivity index (χ2n) is 17.9. The molecule has 0 spiro atoms. The zero-order valence-electron chi connectivity index (χ0n) is 39.3. The molecule has 58 heavy (non-hydrogen) atoms. The van der Waals surface area contributed by atoms with Crippen molar-refractivity contribution >= 4 is 5.91 Å². The van der Waals surface area contributed by atoms with Crippen LogP contribution < -0.4 is 5.32 Å². The summed E-state index contributed by atoms with van der Waals surface area (Å²) in [4.78, 5) is 12.4. The molecule has 0 radical (unpaired) electrons. The van der Waals surface area contributed by atoms with Gasteiger partial charge in [-0.2, -0.15) is 0 Å². The summed E-state index contributed by atoms with van der Waals surface area (Å²) in [7, 11) is 0. The minimum Gasteiger partial charge on any atom is -0.394 e. The third kappa shape index (κ3) is 45.7. The van der Waals surface area contributed by atoms with Crippen LogP contribution >= 0.6 is 0 Å². The maximum absolute atomic E-state index is 12.4. The average Bonchev–Trinajstić information content (AvgIpc) is 3.23. The van der Waals surface area contributed by atoms with Crippen molar-refractivity contribution in [3.63, 3.8) is 0 Å². The standard InChI is InChI=1S/C54H103NO3/c1-3-5-7-9-11-13-15-16-17-18-19-20-21-22-23-24-25-26-27-28-29-30-31-32-33-34-35-36-37-38-40-42-44-46-48-50-54(58)55-52(51-56)53(57)49-47-45-43-41-39-14-12-10-8-6-4-2/h15-16,18-19,21-22,52-53,56-57H,3-14,17,20,23-51H2,1-2H3,(H,55,58)/b16-15-,19-18-,22-21-. The van der Waals surface area contributed by atoms with Gasteiger partial charge in [0.1, 0.15) is 0 Å². The number of aliphatic hydroxyl groups is 2. The number of aliphatic hydroxyl groups excluding tert-OH is 2. The molecule has 2 atom stereocenters. The minimum absolute atomic E-state index is 0.0290. The van der Waals surface area contributed by atoms with Crippen LogP contribution in [0.1, 0.15) is 284 Å². The summed E-state index contributed by atoms with van der Waals surface area (Å²) in [6.07, 6.45) is 67.0. The predicted octanol–water partition coefficient (Wildman–Crippen LogP) is 16.9. The van der Waals surface area contributed by atoms with Crippen molar-refractivity contribution in [3.8, 4) is 0 Å². The van der Waals surface area contributed by atoms with Gasteiger partial charge in [-0.1, -0.05) is 262 Å². The molecule has 0 heterocycles. The SMILES string of the molecule is CCCCCCC/C=C\C/C=C\C/C=C\CCCCCCCCCCCCCCCCCCCCCCC(=O)NC(CO)C(O)CCCCCCCCCCCCC. The molecule has 0 bridgehead atoms. The molecular weight excluding hydrogens is 711 g/mol. The maximum atomic E-state index is 12.4. The molecule has 0 aromatic rings. The fourth-order valence-corrected chi connectivity index (χ4v) is 8.13. The number of rotatable bonds is 48. The van der Waals surface area contributed by atoms with Crippen LogP contribution in [0.3, 0.4) is 0 Å². The van der Waals surface area contributed by atoms with Crippen LogP contribution in [0.4, 0.5) is 0 Å². The van der Waals surface area contributed by atoms with E-state index >= 15 is 0 Å². The van der Waals surface area contributed by atoms with E-state index in [2.05, 4.69) is 55.6 Å². The Morgan fingerprint density at radius 1 is 0.414 bits per heavy atom. The normalized spacial score (nSPS) is 13.1. The lowest BCUT2D eigenvalue weighted by Crippen LogP contribution is -2.45. The zero-order chi connectivity index (χ0) is 42.1. The third-order valence-corrected chi connectivity index (χ3v) is 12.2. The highest BCUT2D eigenvalue weighted by atomic mass is 16.3. The highest BCUT2D eigenvalue weighted by Crippen LogP contribution is 2.17. The second-order valence-corrected chi connectivity index (χ2v) is 17.9. The molecule has 0 aliphatic carbocycles. The first-order valence-electron chi connectivity index (χ1n) is 26.2. The molecule has 0 aromatic heterocycles. The highest BCUT2D eigenvalue weighted by Gasteiger charge is 2.20. The summed E-state index contributed by atoms with van der Waals surface area (Å²) in [5, 5.41) is 23.2. The first-order valence-corrected chi connectivity index (χ1v) is 26.2. The lowest BCUT2D eigenvalue weighted by molar-refractivity contribution is -0.123. The Kier molecular flexibility index (Phi) is 48.8. The number of allylic oxidation sites excluding steroid dienone is 6. The van der Waals surface area contributed by atoms with Crippen molar-refractivity contribution in [1.82, 2.24) is 5.32 Å². The zero-order valence-corrected chi connectivity index (χ0v) is 39.3. The molecule has 4 heteroatoms. The van der Waals surface area contributed by atoms with Crippen molar-refractivity contribution in [2.75, 3.05) is 6.61 Å². The Hall–Kier alpha value is -1.39. The van der Waals surface area contributed by atoms with Crippen molar-refractivity contribution in [2.24, 2.45) is 0 Å². The highest BCUT2D eigenvalue weighted by molar-refractivity contribution is 5.76. The Morgan fingerprint density at radius 3 is 1.05 bits per heavy atom. The van der Waals surface area contributed by atoms with E-state index in [4.69, 9.17) is 0 Å². The average molecular weight is 814 g/mol. The molecule has 1 amide bonds. The number of hydrogen-bond donors (Lipinski definition) is 3. The Bertz CT molecular complexity index is 882. The molecule has 2 unspecified atom stereocenters. The van der Waals surface area contributed by atoms with Gasteiger partial charge in [0.15, 0.2) is 0 Å². The number of amides is 1. The van der Waals surface area contributed by atoms with Crippen LogP contribution in [0.2, 0.25) is 0 Å². The molecule has 0 saturated heterocycles. The quantitative estimate of drug-likeness (QED) is 0.0423. The van der Waals surface area contributed by atoms with Crippen LogP contribution in [0.15, 0.2) is 36.5 Å². The molecule has 0 rings (SSSR count). The first-order chi connectivity index (χ1) is 28.7. The first kappa shape index (κ1) is 56.6. The van der Waals surface area contributed by atoms with E-state index in [9.17, 15) is 15.0 Å². The summed E-state index contributed by atoms with van der Waals surface area (Å²) in [5.41, 5.74) is 0. The third-order valence-electron chi connectivity index (χ3n) is 12.2. The van der Waals surface area contributed by atoms with Gasteiger partial charge in [0.05, 0.1) is 18.8 Å². The lowest BCUT2D eigenvalue weighted by Gasteiger charge is -2.22. The molecule has 0 aromatic carbocycles. The van der Waals surface area contributed by atoms with Crippen molar-refractivity contribution in [2.45, 2.75) is 296 Å². The van der Waals surface area contributed by atoms with E-state index in [-0.39, 0.29) is 12.5 Å². The second kappa shape index (κ2) is 50.0. The largest absolute Gasteiger partial charge is 0.394 e. The molecule has 342 valence electrons. The van der Waals surface area contributed by atoms with Gasteiger partial charge in [0.2, 0.25) is 5.91 Å². The number of hydrogen-bond acceptors (Lipinski definition) is 3. The van der Waals surface area contributed by atoms with Crippen LogP contribution in [0.5, 0.6) is 0 Å². The van der Waals surface area contributed by atoms with Gasteiger partial charge >= 0.3 is 0 Å². The smallest absolute Gasteiger partial charge is 0.220 e. The Labute approximate surface area is 363 Å². The van der Waals surface area contributed by atoms with Gasteiger partial charge in [0, 0.05) is 6.42 Å². The summed E-state index contributed by atoms with van der Waals surface area (Å²) < 4.78 is 0. The van der Waals surface area contributed by atoms with Gasteiger partial charge in [-0.15, -0.1) is 0 Å². The van der Waals surface area contributed by atoms with Gasteiger partial charge in [-0.05, 0) is 51.4 Å². The van der Waals surface area contributed by atoms with E-state index < -0.39 is 12.1 Å². The van der Waals surface area contributed by atoms with Gasteiger partial charge in [-0.25, -0.2) is 0 Å². The van der Waals surface area contributed by atoms with E-state index in [1.54, 1.807) is 0 Å². The lowest BCUT2D eigenvalue weighted by atomic mass is 10.0. The number of nitrogens with one attached hydrogen (secondary N) is 1. The number of carbonyl (C=O) groups is 1. The van der Waals surface area contributed by atoms with Crippen LogP contribution in [0, 0.1) is 0 Å². The summed E-state index contributed by atoms with van der Waals surface area (Å²) in [6.45, 7) is 4.35. The Balaban J connectivity index is 3.39. The molecular formula is C54H103NO3. The summed E-state index contributed by atoms with van der Waals surface area (Å²) in [5.74, 6) is -0.0290. The molecule has 0 aliphatic heterocycles. The van der Waals surface area contributed by atoms with Crippen molar-refractivity contribution < 1.29 is 15.0 Å². The number of carbonyl (C=O) groups excluding carboxylic acids is 1. The van der Waals surface area contributed by atoms with Crippen molar-refractivity contribution in [1.29, 1.82) is 0 Å². The summed E-state index contributed by atoms with van der Waals surface area (Å²) >= 11 is 0. The van der Waals surface area contributed by atoms with Crippen LogP contribution in [-0.4, -0.2) is 34.9 Å². The van der Waals surface area contributed by atoms with Crippen LogP contribution in [0.25, 0.3) is 0 Å². The molecule has 0 aliphatic rings. The monoisotopic (exact) mass is 814 g/mol. The van der Waals surface area contributed by atoms with E-state index in [0.29, 0.717) is 12.8 Å². The Morgan fingerprint density at radius 2 is 0.707 bits per heavy atom. The van der Waals surface area contributed by atoms with E-state index in [1.807, 2.05) is 0 Å². The van der Waals surface area contributed by atoms with Gasteiger partial charge in [0.25, 0.3) is 0 Å². The van der Waals surface area contributed by atoms with E-state index in [1.165, 1.54) is 218 Å². The maximum Gasteiger partial charge on any atom is 0.220 e. The fraction of sp³-hybridized carbons (Fsp3) is 0.870. The van der Waals surface area contributed by atoms with E-state index in [0.717, 1.165) is 38.5 Å². The molecule has 4 nitrogen and oxygen atoms in total. The fourth-order valence-electron chi connectivity index (χ4n) is 8.13. The molecule has 0 saturated carbocycles. The van der Waals surface area contributed by atoms with Gasteiger partial charge < -0.3 is 15.5 Å². The van der Waals surface area contributed by atoms with Gasteiger partial charge in [-0.3, -0.25) is 4.79 Å². The predicted molar refractivity (Wildman–Crippen MR) is 258 cm³/mol. The number of unbranched alkanes of at least 4 members (excludes halogenated alkanes) is 35. The summed E-state index contributed by atoms with van der Waals surface area (Å²) in [6, 6.07) is -0.533. The molecule has 0 fully saturated rings. The molecule has 3 N–H and O–H groups in total. The topological polar surface area (TPSA) is 69.6 Å². The minimum atomic E-state index is -0.656. The van der Waals surface area contributed by atoms with Crippen LogP contribution in [-0.2, 0) is 4.79 Å². The van der Waals surface area contributed by atoms with Crippen molar-refractivity contribution in [3.05, 3.63) is 36.5 Å².